The Balaban J connectivity index is 1.66. The topological polar surface area (TPSA) is 117 Å². The normalized spacial score (nSPS) is 30.4. The Morgan fingerprint density at radius 3 is 2.27 bits per heavy atom. The van der Waals surface area contributed by atoms with Crippen LogP contribution in [0.5, 0.6) is 0 Å². The first-order valence-electron chi connectivity index (χ1n) is 16.0. The van der Waals surface area contributed by atoms with E-state index in [0.717, 1.165) is 29.6 Å². The Morgan fingerprint density at radius 2 is 1.67 bits per heavy atom. The lowest BCUT2D eigenvalue weighted by molar-refractivity contribution is -0.153. The maximum atomic E-state index is 13.7. The smallest absolute Gasteiger partial charge is 0.340 e. The average Bonchev–Trinajstić information content (AvgIpc) is 3.50. The molecule has 0 bridgehead atoms. The molecule has 2 aliphatic carbocycles. The van der Waals surface area contributed by atoms with Gasteiger partial charge in [0.25, 0.3) is 0 Å². The molecule has 1 aliphatic heterocycles. The molecule has 240 valence electrons. The summed E-state index contributed by atoms with van der Waals surface area (Å²) >= 11 is 0. The van der Waals surface area contributed by atoms with Crippen LogP contribution in [0.3, 0.4) is 0 Å². The van der Waals surface area contributed by atoms with Gasteiger partial charge in [-0.15, -0.1) is 0 Å². The molecular formula is C36H44N2O7. The van der Waals surface area contributed by atoms with Crippen molar-refractivity contribution >= 4 is 17.9 Å². The summed E-state index contributed by atoms with van der Waals surface area (Å²) in [5.74, 6) is -1.74. The van der Waals surface area contributed by atoms with Crippen LogP contribution in [0.4, 0.5) is 0 Å². The van der Waals surface area contributed by atoms with Crippen molar-refractivity contribution in [2.75, 3.05) is 6.61 Å². The summed E-state index contributed by atoms with van der Waals surface area (Å²) < 4.78 is 25.2. The molecule has 1 saturated carbocycles. The molecule has 5 rings (SSSR count). The van der Waals surface area contributed by atoms with Crippen molar-refractivity contribution in [1.82, 2.24) is 9.97 Å². The minimum Gasteiger partial charge on any atom is -0.465 e. The van der Waals surface area contributed by atoms with Gasteiger partial charge in [0.05, 0.1) is 28.2 Å². The summed E-state index contributed by atoms with van der Waals surface area (Å²) in [4.78, 5) is 48.5. The molecule has 0 amide bonds. The molecular weight excluding hydrogens is 572 g/mol. The fourth-order valence-corrected chi connectivity index (χ4v) is 7.07. The number of pyridine rings is 2. The maximum absolute atomic E-state index is 13.7. The summed E-state index contributed by atoms with van der Waals surface area (Å²) in [6.07, 6.45) is 10.9. The SMILES string of the molecule is CCCC(=O)OC[C@]12CCC(=C(C)C)[C@@H]1[C@@H](OC(=O)c1cccnc1)C[C@]1(C)O[C@@H]1CC/C(C)=C/[C@@H]2OC(=O)c1cccnc1. The molecule has 1 saturated heterocycles. The zero-order valence-corrected chi connectivity index (χ0v) is 26.9. The summed E-state index contributed by atoms with van der Waals surface area (Å²) in [7, 11) is 0. The number of aromatic nitrogens is 2. The molecule has 3 aliphatic rings. The summed E-state index contributed by atoms with van der Waals surface area (Å²) in [5.41, 5.74) is 2.51. The number of fused-ring (bicyclic) bond motifs is 2. The highest BCUT2D eigenvalue weighted by atomic mass is 16.6. The zero-order valence-electron chi connectivity index (χ0n) is 26.9. The van der Waals surface area contributed by atoms with Gasteiger partial charge in [0.2, 0.25) is 0 Å². The van der Waals surface area contributed by atoms with E-state index in [1.807, 2.05) is 19.9 Å². The van der Waals surface area contributed by atoms with Crippen LogP contribution in [0.15, 0.2) is 71.8 Å². The van der Waals surface area contributed by atoms with Crippen molar-refractivity contribution in [3.63, 3.8) is 0 Å². The van der Waals surface area contributed by atoms with E-state index in [4.69, 9.17) is 18.9 Å². The van der Waals surface area contributed by atoms with E-state index >= 15 is 0 Å². The fraction of sp³-hybridized carbons (Fsp3) is 0.528. The molecule has 9 nitrogen and oxygen atoms in total. The summed E-state index contributed by atoms with van der Waals surface area (Å²) in [6.45, 7) is 10.1. The van der Waals surface area contributed by atoms with E-state index in [2.05, 4.69) is 30.7 Å². The van der Waals surface area contributed by atoms with Crippen LogP contribution in [0.2, 0.25) is 0 Å². The molecule has 9 heteroatoms. The first-order valence-corrected chi connectivity index (χ1v) is 16.0. The number of epoxide rings is 1. The lowest BCUT2D eigenvalue weighted by atomic mass is 9.68. The van der Waals surface area contributed by atoms with Gasteiger partial charge in [-0.1, -0.05) is 23.6 Å². The zero-order chi connectivity index (χ0) is 32.2. The third-order valence-corrected chi connectivity index (χ3v) is 9.56. The molecule has 2 aromatic rings. The van der Waals surface area contributed by atoms with Crippen molar-refractivity contribution in [3.8, 4) is 0 Å². The van der Waals surface area contributed by atoms with Gasteiger partial charge in [0, 0.05) is 43.5 Å². The second-order valence-corrected chi connectivity index (χ2v) is 13.1. The molecule has 2 fully saturated rings. The molecule has 0 N–H and O–H groups in total. The first-order chi connectivity index (χ1) is 21.6. The molecule has 0 radical (unpaired) electrons. The molecule has 6 atom stereocenters. The Hall–Kier alpha value is -3.85. The van der Waals surface area contributed by atoms with E-state index < -0.39 is 41.1 Å². The predicted octanol–water partition coefficient (Wildman–Crippen LogP) is 6.59. The van der Waals surface area contributed by atoms with Crippen molar-refractivity contribution in [3.05, 3.63) is 83.0 Å². The predicted molar refractivity (Wildman–Crippen MR) is 167 cm³/mol. The number of carbonyl (C=O) groups excluding carboxylic acids is 3. The lowest BCUT2D eigenvalue weighted by Gasteiger charge is -2.43. The third kappa shape index (κ3) is 7.19. The Labute approximate surface area is 265 Å². The highest BCUT2D eigenvalue weighted by Gasteiger charge is 2.61. The number of hydrogen-bond acceptors (Lipinski definition) is 9. The average molecular weight is 617 g/mol. The van der Waals surface area contributed by atoms with Crippen molar-refractivity contribution in [2.45, 2.75) is 103 Å². The number of ether oxygens (including phenoxy) is 4. The molecule has 2 aromatic heterocycles. The molecule has 0 aromatic carbocycles. The van der Waals surface area contributed by atoms with E-state index in [-0.39, 0.29) is 25.1 Å². The van der Waals surface area contributed by atoms with Crippen molar-refractivity contribution in [1.29, 1.82) is 0 Å². The second-order valence-electron chi connectivity index (χ2n) is 13.1. The number of allylic oxidation sites excluding steroid dienone is 2. The Morgan fingerprint density at radius 1 is 1.00 bits per heavy atom. The number of nitrogens with zero attached hydrogens (tertiary/aromatic N) is 2. The molecule has 3 heterocycles. The van der Waals surface area contributed by atoms with Crippen molar-refractivity contribution in [2.24, 2.45) is 11.3 Å². The third-order valence-electron chi connectivity index (χ3n) is 9.56. The largest absolute Gasteiger partial charge is 0.465 e. The first kappa shape index (κ1) is 32.5. The second kappa shape index (κ2) is 13.6. The molecule has 0 spiro atoms. The van der Waals surface area contributed by atoms with E-state index in [1.165, 1.54) is 12.4 Å². The van der Waals surface area contributed by atoms with Gasteiger partial charge in [-0.25, -0.2) is 9.59 Å². The highest BCUT2D eigenvalue weighted by molar-refractivity contribution is 5.89. The van der Waals surface area contributed by atoms with Gasteiger partial charge in [-0.3, -0.25) is 14.8 Å². The highest BCUT2D eigenvalue weighted by Crippen LogP contribution is 2.57. The van der Waals surface area contributed by atoms with Crippen LogP contribution in [0.25, 0.3) is 0 Å². The Bertz CT molecular complexity index is 1450. The monoisotopic (exact) mass is 616 g/mol. The van der Waals surface area contributed by atoms with E-state index in [1.54, 1.807) is 36.7 Å². The number of rotatable bonds is 8. The van der Waals surface area contributed by atoms with Gasteiger partial charge >= 0.3 is 17.9 Å². The maximum Gasteiger partial charge on any atom is 0.340 e. The summed E-state index contributed by atoms with van der Waals surface area (Å²) in [5, 5.41) is 0. The quantitative estimate of drug-likeness (QED) is 0.140. The van der Waals surface area contributed by atoms with Gasteiger partial charge in [0.1, 0.15) is 18.8 Å². The van der Waals surface area contributed by atoms with Crippen LogP contribution in [-0.4, -0.2) is 58.4 Å². The van der Waals surface area contributed by atoms with Crippen LogP contribution >= 0.6 is 0 Å². The van der Waals surface area contributed by atoms with Crippen LogP contribution in [0.1, 0.15) is 100 Å². The van der Waals surface area contributed by atoms with Crippen LogP contribution in [-0.2, 0) is 23.7 Å². The Kier molecular flexibility index (Phi) is 9.87. The van der Waals surface area contributed by atoms with E-state index in [0.29, 0.717) is 36.8 Å². The number of esters is 3. The summed E-state index contributed by atoms with van der Waals surface area (Å²) in [6, 6.07) is 6.74. The van der Waals surface area contributed by atoms with E-state index in [9.17, 15) is 14.4 Å². The van der Waals surface area contributed by atoms with Gasteiger partial charge in [-0.05, 0) is 90.1 Å². The minimum absolute atomic E-state index is 0.00303. The van der Waals surface area contributed by atoms with Crippen molar-refractivity contribution < 1.29 is 33.3 Å². The molecule has 45 heavy (non-hydrogen) atoms. The van der Waals surface area contributed by atoms with Gasteiger partial charge < -0.3 is 18.9 Å². The number of hydrogen-bond donors (Lipinski definition) is 0. The van der Waals surface area contributed by atoms with Crippen LogP contribution in [0, 0.1) is 11.3 Å². The van der Waals surface area contributed by atoms with Crippen LogP contribution < -0.4 is 0 Å². The minimum atomic E-state index is -0.917. The van der Waals surface area contributed by atoms with Gasteiger partial charge in [-0.2, -0.15) is 0 Å². The lowest BCUT2D eigenvalue weighted by Crippen LogP contribution is -2.50. The fourth-order valence-electron chi connectivity index (χ4n) is 7.07. The molecule has 0 unspecified atom stereocenters. The number of carbonyl (C=O) groups is 3. The van der Waals surface area contributed by atoms with Gasteiger partial charge in [0.15, 0.2) is 0 Å². The standard InChI is InChI=1S/C36H44N2O7/c1-6-9-31(39)42-22-36-15-14-27(23(2)3)32(36)28(43-33(40)25-10-7-16-37-20-25)19-35(5)29(45-35)13-12-24(4)18-30(36)44-34(41)26-11-8-17-38-21-26/h7-8,10-11,16-18,20-21,28-30,32H,6,9,12-15,19,22H2,1-5H3/b24-18+/t28-,29+,30-,32+,35-,36-/m0/s1.